The summed E-state index contributed by atoms with van der Waals surface area (Å²) in [6.07, 6.45) is 2.34. The number of carbonyl (C=O) groups excluding carboxylic acids is 2. The van der Waals surface area contributed by atoms with Gasteiger partial charge >= 0.3 is 5.97 Å². The summed E-state index contributed by atoms with van der Waals surface area (Å²) in [5, 5.41) is 0.0471. The Kier molecular flexibility index (Phi) is 7.99. The molecule has 0 N–H and O–H groups in total. The van der Waals surface area contributed by atoms with E-state index in [1.165, 1.54) is 4.90 Å². The molecule has 1 saturated heterocycles. The smallest absolute Gasteiger partial charge is 0.311 e. The lowest BCUT2D eigenvalue weighted by Gasteiger charge is -2.46. The molecule has 0 bridgehead atoms. The molecule has 1 aliphatic rings. The van der Waals surface area contributed by atoms with E-state index in [1.807, 2.05) is 13.2 Å². The maximum absolute atomic E-state index is 13.4. The zero-order valence-corrected chi connectivity index (χ0v) is 17.8. The molecule has 0 radical (unpaired) electrons. The van der Waals surface area contributed by atoms with Crippen LogP contribution in [0.1, 0.15) is 53.9 Å². The van der Waals surface area contributed by atoms with Crippen molar-refractivity contribution < 1.29 is 23.1 Å². The van der Waals surface area contributed by atoms with Crippen LogP contribution in [-0.4, -0.2) is 60.6 Å². The molecule has 3 unspecified atom stereocenters. The Hall–Kier alpha value is -0.785. The van der Waals surface area contributed by atoms with Crippen LogP contribution < -0.4 is 0 Å². The minimum Gasteiger partial charge on any atom is -0.460 e. The van der Waals surface area contributed by atoms with Gasteiger partial charge in [0.25, 0.3) is 0 Å². The van der Waals surface area contributed by atoms with Crippen LogP contribution in [0.4, 0.5) is 8.78 Å². The highest BCUT2D eigenvalue weighted by molar-refractivity contribution is 7.99. The first kappa shape index (κ1) is 23.3. The van der Waals surface area contributed by atoms with E-state index >= 15 is 0 Å². The molecule has 0 spiro atoms. The maximum atomic E-state index is 13.4. The number of carbonyl (C=O) groups is 2. The summed E-state index contributed by atoms with van der Waals surface area (Å²) >= 11 is 1.60. The van der Waals surface area contributed by atoms with E-state index in [9.17, 15) is 18.4 Å². The standard InChI is InChI=1S/C18H32BF2NO3S/c1-7-12-8-13(26-6)15(11(2)25-16(24)17(3,4)5)22(10-12)14(23)9-18(19,20)21/h11-13,15H,7-10,19H2,1-6H3/t11?,12?,13-,15?/m1/s1. The van der Waals surface area contributed by atoms with Gasteiger partial charge in [0.15, 0.2) is 7.85 Å². The summed E-state index contributed by atoms with van der Waals surface area (Å²) in [7, 11) is 0.760. The summed E-state index contributed by atoms with van der Waals surface area (Å²) in [4.78, 5) is 26.5. The van der Waals surface area contributed by atoms with Gasteiger partial charge in [-0.3, -0.25) is 9.59 Å². The highest BCUT2D eigenvalue weighted by Crippen LogP contribution is 2.35. The largest absolute Gasteiger partial charge is 0.460 e. The van der Waals surface area contributed by atoms with Crippen LogP contribution in [0.15, 0.2) is 0 Å². The molecule has 26 heavy (non-hydrogen) atoms. The van der Waals surface area contributed by atoms with E-state index in [4.69, 9.17) is 4.74 Å². The Bertz CT molecular complexity index is 508. The molecule has 0 saturated carbocycles. The third kappa shape index (κ3) is 6.43. The van der Waals surface area contributed by atoms with Crippen LogP contribution in [0.5, 0.6) is 0 Å². The quantitative estimate of drug-likeness (QED) is 0.516. The average Bonchev–Trinajstić information content (AvgIpc) is 2.50. The van der Waals surface area contributed by atoms with Crippen molar-refractivity contribution in [2.75, 3.05) is 12.8 Å². The van der Waals surface area contributed by atoms with E-state index in [0.717, 1.165) is 20.7 Å². The lowest BCUT2D eigenvalue weighted by molar-refractivity contribution is -0.165. The fourth-order valence-electron chi connectivity index (χ4n) is 3.28. The van der Waals surface area contributed by atoms with Crippen molar-refractivity contribution in [2.45, 2.75) is 77.1 Å². The van der Waals surface area contributed by atoms with Crippen molar-refractivity contribution in [3.63, 3.8) is 0 Å². The van der Waals surface area contributed by atoms with Crippen LogP contribution in [0.3, 0.4) is 0 Å². The topological polar surface area (TPSA) is 46.6 Å². The molecule has 8 heteroatoms. The summed E-state index contributed by atoms with van der Waals surface area (Å²) in [5.41, 5.74) is -0.658. The maximum Gasteiger partial charge on any atom is 0.311 e. The predicted molar refractivity (Wildman–Crippen MR) is 104 cm³/mol. The lowest BCUT2D eigenvalue weighted by Crippen LogP contribution is -2.59. The lowest BCUT2D eigenvalue weighted by atomic mass is 9.86. The number of likely N-dealkylation sites (tertiary alicyclic amines) is 1. The van der Waals surface area contributed by atoms with Gasteiger partial charge in [-0.05, 0) is 46.3 Å². The molecule has 4 nitrogen and oxygen atoms in total. The van der Waals surface area contributed by atoms with Gasteiger partial charge in [-0.15, -0.1) is 0 Å². The Morgan fingerprint density at radius 3 is 2.35 bits per heavy atom. The van der Waals surface area contributed by atoms with E-state index in [1.54, 1.807) is 39.5 Å². The monoisotopic (exact) mass is 391 g/mol. The fourth-order valence-corrected chi connectivity index (χ4v) is 4.39. The first-order valence-corrected chi connectivity index (χ1v) is 10.5. The molecule has 0 aromatic heterocycles. The van der Waals surface area contributed by atoms with Gasteiger partial charge < -0.3 is 9.64 Å². The molecular weight excluding hydrogens is 359 g/mol. The summed E-state index contributed by atoms with van der Waals surface area (Å²) in [6, 6.07) is -0.394. The first-order valence-electron chi connectivity index (χ1n) is 9.21. The number of amides is 1. The van der Waals surface area contributed by atoms with Crippen LogP contribution in [-0.2, 0) is 14.3 Å². The molecule has 150 valence electrons. The van der Waals surface area contributed by atoms with Crippen molar-refractivity contribution >= 4 is 31.5 Å². The zero-order chi connectivity index (χ0) is 20.3. The number of hydrogen-bond donors (Lipinski definition) is 0. The van der Waals surface area contributed by atoms with Gasteiger partial charge in [-0.1, -0.05) is 13.3 Å². The Labute approximate surface area is 161 Å². The highest BCUT2D eigenvalue weighted by Gasteiger charge is 2.44. The zero-order valence-electron chi connectivity index (χ0n) is 17.0. The number of rotatable bonds is 6. The van der Waals surface area contributed by atoms with E-state index < -0.39 is 35.7 Å². The molecule has 1 rings (SSSR count). The summed E-state index contributed by atoms with van der Waals surface area (Å²) in [5.74, 6) is -3.71. The minimum absolute atomic E-state index is 0.0471. The molecule has 4 atom stereocenters. The van der Waals surface area contributed by atoms with Gasteiger partial charge in [-0.25, -0.2) is 8.78 Å². The third-order valence-electron chi connectivity index (χ3n) is 4.81. The van der Waals surface area contributed by atoms with Crippen molar-refractivity contribution in [1.29, 1.82) is 0 Å². The van der Waals surface area contributed by atoms with Gasteiger partial charge in [0.2, 0.25) is 11.7 Å². The molecule has 1 heterocycles. The second-order valence-electron chi connectivity index (χ2n) is 8.43. The second kappa shape index (κ2) is 8.94. The van der Waals surface area contributed by atoms with Crippen molar-refractivity contribution in [2.24, 2.45) is 11.3 Å². The van der Waals surface area contributed by atoms with Crippen LogP contribution in [0.25, 0.3) is 0 Å². The van der Waals surface area contributed by atoms with Crippen molar-refractivity contribution in [3.05, 3.63) is 0 Å². The van der Waals surface area contributed by atoms with E-state index in [-0.39, 0.29) is 17.1 Å². The normalized spacial score (nSPS) is 25.7. The number of esters is 1. The molecule has 1 aliphatic heterocycles. The van der Waals surface area contributed by atoms with Crippen LogP contribution in [0.2, 0.25) is 0 Å². The SMILES string of the molecule is BC(F)(F)CC(=O)N1CC(CC)C[C@@H](SC)C1C(C)OC(=O)C(C)(C)C. The Morgan fingerprint density at radius 1 is 1.35 bits per heavy atom. The van der Waals surface area contributed by atoms with Gasteiger partial charge in [-0.2, -0.15) is 11.8 Å². The number of thioether (sulfide) groups is 1. The van der Waals surface area contributed by atoms with Gasteiger partial charge in [0.05, 0.1) is 17.9 Å². The molecule has 0 aromatic rings. The van der Waals surface area contributed by atoms with E-state index in [0.29, 0.717) is 6.54 Å². The number of hydrogen-bond acceptors (Lipinski definition) is 4. The number of piperidine rings is 1. The van der Waals surface area contributed by atoms with Crippen LogP contribution >= 0.6 is 11.8 Å². The second-order valence-corrected chi connectivity index (χ2v) is 9.51. The van der Waals surface area contributed by atoms with Gasteiger partial charge in [0.1, 0.15) is 6.10 Å². The summed E-state index contributed by atoms with van der Waals surface area (Å²) < 4.78 is 32.5. The number of nitrogens with zero attached hydrogens (tertiary/aromatic N) is 1. The fraction of sp³-hybridized carbons (Fsp3) is 0.889. The molecule has 0 aliphatic carbocycles. The Morgan fingerprint density at radius 2 is 1.92 bits per heavy atom. The number of ether oxygens (including phenoxy) is 1. The van der Waals surface area contributed by atoms with Crippen molar-refractivity contribution in [3.8, 4) is 0 Å². The summed E-state index contributed by atoms with van der Waals surface area (Å²) in [6.45, 7) is 9.54. The van der Waals surface area contributed by atoms with Gasteiger partial charge in [0, 0.05) is 11.8 Å². The van der Waals surface area contributed by atoms with Crippen molar-refractivity contribution in [1.82, 2.24) is 4.90 Å². The highest BCUT2D eigenvalue weighted by atomic mass is 32.2. The molecule has 1 amide bonds. The molecular formula is C18H32BF2NO3S. The number of alkyl halides is 2. The van der Waals surface area contributed by atoms with Crippen LogP contribution in [0, 0.1) is 11.3 Å². The molecule has 0 aromatic carbocycles. The third-order valence-corrected chi connectivity index (χ3v) is 5.89. The number of halogens is 2. The average molecular weight is 391 g/mol. The predicted octanol–water partition coefficient (Wildman–Crippen LogP) is 2.94. The van der Waals surface area contributed by atoms with E-state index in [2.05, 4.69) is 0 Å². The first-order chi connectivity index (χ1) is 11.8. The minimum atomic E-state index is -3.05. The Balaban J connectivity index is 3.09. The molecule has 1 fully saturated rings.